The van der Waals surface area contributed by atoms with E-state index in [1.54, 1.807) is 6.08 Å². The van der Waals surface area contributed by atoms with Gasteiger partial charge in [0.15, 0.2) is 9.80 Å². The Hall–Kier alpha value is -1.73. The summed E-state index contributed by atoms with van der Waals surface area (Å²) in [4.78, 5) is 3.70. The molecule has 0 fully saturated rings. The molecule has 0 heterocycles. The minimum Gasteiger partial charge on any atom is -0.0991 e. The third-order valence-corrected chi connectivity index (χ3v) is 4.69. The minimum atomic E-state index is -0.0995. The highest BCUT2D eigenvalue weighted by Gasteiger charge is 2.27. The van der Waals surface area contributed by atoms with E-state index in [0.29, 0.717) is 0 Å². The van der Waals surface area contributed by atoms with Gasteiger partial charge in [0.05, 0.1) is 10.9 Å². The van der Waals surface area contributed by atoms with Crippen molar-refractivity contribution < 1.29 is 0 Å². The largest absolute Gasteiger partial charge is 0.166 e. The molecule has 21 heavy (non-hydrogen) atoms. The fraction of sp³-hybridized carbons (Fsp3) is 0.200. The number of allylic oxidation sites excluding steroid dienone is 7. The lowest BCUT2D eigenvalue weighted by Crippen LogP contribution is -2.05. The molecule has 0 nitrogen and oxygen atoms in total. The Balaban J connectivity index is 0.00000191. The van der Waals surface area contributed by atoms with E-state index in [1.807, 2.05) is 45.1 Å². The molecular formula is C20H27S+. The van der Waals surface area contributed by atoms with E-state index in [-0.39, 0.29) is 10.9 Å². The van der Waals surface area contributed by atoms with Crippen molar-refractivity contribution in [1.82, 2.24) is 0 Å². The molecule has 0 aliphatic heterocycles. The van der Waals surface area contributed by atoms with Crippen LogP contribution in [0.15, 0.2) is 94.7 Å². The lowest BCUT2D eigenvalue weighted by Gasteiger charge is -2.07. The van der Waals surface area contributed by atoms with Crippen LogP contribution >= 0.6 is 0 Å². The molecule has 0 amide bonds. The molecule has 1 aromatic rings. The van der Waals surface area contributed by atoms with E-state index in [0.717, 1.165) is 4.91 Å². The van der Waals surface area contributed by atoms with Crippen molar-refractivity contribution in [3.05, 3.63) is 89.8 Å². The highest BCUT2D eigenvalue weighted by Crippen LogP contribution is 2.28. The number of hydrogen-bond acceptors (Lipinski definition) is 0. The second kappa shape index (κ2) is 12.0. The Labute approximate surface area is 133 Å². The Morgan fingerprint density at radius 2 is 1.71 bits per heavy atom. The standard InChI is InChI=1S/C18H21S.C2H6/c1-5-7-12-16(3)19(17(4)13-8-6-2)18-14-10-9-11-15-18;1-2/h5-15H,1,3H2,2,4H3;1-2H3/q+1;/b8-6-,12-7-,17-13+;. The molecule has 0 N–H and O–H groups in total. The lowest BCUT2D eigenvalue weighted by atomic mass is 10.4. The molecule has 0 spiro atoms. The summed E-state index contributed by atoms with van der Waals surface area (Å²) in [6, 6.07) is 10.5. The van der Waals surface area contributed by atoms with Crippen molar-refractivity contribution in [2.75, 3.05) is 0 Å². The molecule has 1 atom stereocenters. The summed E-state index contributed by atoms with van der Waals surface area (Å²) in [5.74, 6) is 0. The van der Waals surface area contributed by atoms with E-state index in [4.69, 9.17) is 0 Å². The van der Waals surface area contributed by atoms with Crippen LogP contribution in [-0.2, 0) is 10.9 Å². The maximum Gasteiger partial charge on any atom is 0.166 e. The summed E-state index contributed by atoms with van der Waals surface area (Å²) in [7, 11) is -0.0995. The topological polar surface area (TPSA) is 0 Å². The van der Waals surface area contributed by atoms with Gasteiger partial charge >= 0.3 is 0 Å². The van der Waals surface area contributed by atoms with Crippen LogP contribution in [0.25, 0.3) is 0 Å². The van der Waals surface area contributed by atoms with Gasteiger partial charge in [-0.15, -0.1) is 0 Å². The van der Waals surface area contributed by atoms with Crippen LogP contribution in [0, 0.1) is 0 Å². The second-order valence-electron chi connectivity index (χ2n) is 3.98. The molecule has 0 saturated carbocycles. The van der Waals surface area contributed by atoms with Gasteiger partial charge in [-0.2, -0.15) is 0 Å². The monoisotopic (exact) mass is 299 g/mol. The first-order chi connectivity index (χ1) is 10.2. The summed E-state index contributed by atoms with van der Waals surface area (Å²) >= 11 is 0. The maximum atomic E-state index is 4.21. The van der Waals surface area contributed by atoms with Gasteiger partial charge in [-0.3, -0.25) is 0 Å². The smallest absolute Gasteiger partial charge is 0.0991 e. The van der Waals surface area contributed by atoms with Crippen molar-refractivity contribution in [2.45, 2.75) is 32.6 Å². The first-order valence-electron chi connectivity index (χ1n) is 7.27. The SMILES string of the molecule is C=C/C=C\C(=C)[S+](/C(C)=C/C=C\C)c1ccccc1.CC. The molecule has 1 unspecified atom stereocenters. The highest BCUT2D eigenvalue weighted by atomic mass is 32.2. The van der Waals surface area contributed by atoms with Gasteiger partial charge in [0, 0.05) is 6.92 Å². The van der Waals surface area contributed by atoms with E-state index in [1.165, 1.54) is 9.80 Å². The van der Waals surface area contributed by atoms with Gasteiger partial charge in [-0.25, -0.2) is 0 Å². The Kier molecular flexibility index (Phi) is 11.1. The van der Waals surface area contributed by atoms with Gasteiger partial charge in [0.25, 0.3) is 0 Å². The van der Waals surface area contributed by atoms with Crippen LogP contribution in [-0.4, -0.2) is 0 Å². The van der Waals surface area contributed by atoms with Crippen molar-refractivity contribution in [1.29, 1.82) is 0 Å². The average molecular weight is 300 g/mol. The molecule has 112 valence electrons. The van der Waals surface area contributed by atoms with Gasteiger partial charge in [-0.1, -0.05) is 62.9 Å². The molecular weight excluding hydrogens is 272 g/mol. The normalized spacial score (nSPS) is 12.9. The van der Waals surface area contributed by atoms with E-state index >= 15 is 0 Å². The van der Waals surface area contributed by atoms with Crippen LogP contribution in [0.4, 0.5) is 0 Å². The van der Waals surface area contributed by atoms with Crippen molar-refractivity contribution in [3.63, 3.8) is 0 Å². The number of rotatable bonds is 6. The third kappa shape index (κ3) is 7.01. The minimum absolute atomic E-state index is 0.0995. The zero-order chi connectivity index (χ0) is 16.1. The third-order valence-electron chi connectivity index (χ3n) is 2.50. The van der Waals surface area contributed by atoms with Crippen LogP contribution in [0.5, 0.6) is 0 Å². The van der Waals surface area contributed by atoms with Crippen LogP contribution < -0.4 is 0 Å². The molecule has 0 aliphatic rings. The van der Waals surface area contributed by atoms with Gasteiger partial charge in [-0.05, 0) is 37.8 Å². The Morgan fingerprint density at radius 3 is 2.24 bits per heavy atom. The van der Waals surface area contributed by atoms with E-state index in [9.17, 15) is 0 Å². The molecule has 0 saturated heterocycles. The first-order valence-corrected chi connectivity index (χ1v) is 8.50. The van der Waals surface area contributed by atoms with Gasteiger partial charge < -0.3 is 0 Å². The van der Waals surface area contributed by atoms with Crippen molar-refractivity contribution in [2.24, 2.45) is 0 Å². The van der Waals surface area contributed by atoms with Crippen molar-refractivity contribution in [3.8, 4) is 0 Å². The molecule has 0 aromatic heterocycles. The first kappa shape index (κ1) is 19.3. The maximum absolute atomic E-state index is 4.21. The Morgan fingerprint density at radius 1 is 1.10 bits per heavy atom. The molecule has 0 aliphatic carbocycles. The van der Waals surface area contributed by atoms with E-state index < -0.39 is 0 Å². The summed E-state index contributed by atoms with van der Waals surface area (Å²) in [5.41, 5.74) is 0. The summed E-state index contributed by atoms with van der Waals surface area (Å²) in [6.07, 6.45) is 12.0. The fourth-order valence-corrected chi connectivity index (χ4v) is 3.59. The molecule has 0 bridgehead atoms. The zero-order valence-electron chi connectivity index (χ0n) is 13.7. The Bertz CT molecular complexity index is 504. The predicted molar refractivity (Wildman–Crippen MR) is 100 cm³/mol. The van der Waals surface area contributed by atoms with Gasteiger partial charge in [0.1, 0.15) is 4.91 Å². The highest BCUT2D eigenvalue weighted by molar-refractivity contribution is 8.04. The van der Waals surface area contributed by atoms with Crippen LogP contribution in [0.2, 0.25) is 0 Å². The average Bonchev–Trinajstić information content (AvgIpc) is 2.54. The molecule has 0 radical (unpaired) electrons. The number of benzene rings is 1. The number of hydrogen-bond donors (Lipinski definition) is 0. The fourth-order valence-electron chi connectivity index (χ4n) is 1.64. The summed E-state index contributed by atoms with van der Waals surface area (Å²) in [5, 5.41) is 0. The molecule has 1 heteroatoms. The zero-order valence-corrected chi connectivity index (χ0v) is 14.5. The van der Waals surface area contributed by atoms with Crippen LogP contribution in [0.3, 0.4) is 0 Å². The predicted octanol–water partition coefficient (Wildman–Crippen LogP) is 6.43. The molecule has 1 aromatic carbocycles. The van der Waals surface area contributed by atoms with Crippen molar-refractivity contribution >= 4 is 10.9 Å². The van der Waals surface area contributed by atoms with E-state index in [2.05, 4.69) is 56.5 Å². The summed E-state index contributed by atoms with van der Waals surface area (Å²) in [6.45, 7) is 16.1. The second-order valence-corrected chi connectivity index (χ2v) is 6.24. The van der Waals surface area contributed by atoms with Crippen LogP contribution in [0.1, 0.15) is 27.7 Å². The van der Waals surface area contributed by atoms with Gasteiger partial charge in [0.2, 0.25) is 0 Å². The lowest BCUT2D eigenvalue weighted by molar-refractivity contribution is 1.44. The summed E-state index contributed by atoms with van der Waals surface area (Å²) < 4.78 is 0. The molecule has 1 rings (SSSR count). The quantitative estimate of drug-likeness (QED) is 0.419.